The second-order valence-electron chi connectivity index (χ2n) is 2.54. The van der Waals surface area contributed by atoms with Crippen molar-refractivity contribution in [1.82, 2.24) is 0 Å². The molecule has 7 heteroatoms. The lowest BCUT2D eigenvalue weighted by Crippen LogP contribution is -2.08. The molecule has 1 aromatic carbocycles. The van der Waals surface area contributed by atoms with Crippen LogP contribution in [-0.2, 0) is 14.3 Å². The Labute approximate surface area is 103 Å². The van der Waals surface area contributed by atoms with E-state index in [1.165, 1.54) is 18.2 Å². The summed E-state index contributed by atoms with van der Waals surface area (Å²) in [6, 6.07) is 3.94. The maximum Gasteiger partial charge on any atom is 0.297 e. The Morgan fingerprint density at radius 1 is 1.20 bits per heavy atom. The van der Waals surface area contributed by atoms with Crippen molar-refractivity contribution in [2.24, 2.45) is 0 Å². The van der Waals surface area contributed by atoms with Crippen LogP contribution in [0.4, 0.5) is 0 Å². The summed E-state index contributed by atoms with van der Waals surface area (Å²) >= 11 is 16.6. The third-order valence-corrected chi connectivity index (χ3v) is 3.70. The largest absolute Gasteiger partial charge is 0.297 e. The molecule has 84 valence electrons. The molecule has 0 bridgehead atoms. The van der Waals surface area contributed by atoms with Gasteiger partial charge in [0.15, 0.2) is 0 Å². The van der Waals surface area contributed by atoms with Crippen molar-refractivity contribution in [2.75, 3.05) is 12.5 Å². The summed E-state index contributed by atoms with van der Waals surface area (Å²) in [5.74, 6) is 0.0978. The normalized spacial score (nSPS) is 11.7. The highest BCUT2D eigenvalue weighted by atomic mass is 35.5. The van der Waals surface area contributed by atoms with Gasteiger partial charge in [-0.05, 0) is 18.2 Å². The molecular formula is C8H7Cl3O3S. The number of alkyl halides is 1. The second kappa shape index (κ2) is 5.37. The minimum Gasteiger partial charge on any atom is -0.265 e. The highest BCUT2D eigenvalue weighted by Crippen LogP contribution is 2.25. The molecule has 0 aliphatic rings. The van der Waals surface area contributed by atoms with E-state index in [2.05, 4.69) is 4.18 Å². The fourth-order valence-electron chi connectivity index (χ4n) is 0.842. The van der Waals surface area contributed by atoms with Crippen LogP contribution < -0.4 is 0 Å². The Kier molecular flexibility index (Phi) is 4.67. The Morgan fingerprint density at radius 2 is 1.87 bits per heavy atom. The zero-order valence-corrected chi connectivity index (χ0v) is 10.5. The van der Waals surface area contributed by atoms with Gasteiger partial charge >= 0.3 is 0 Å². The van der Waals surface area contributed by atoms with Gasteiger partial charge in [0.1, 0.15) is 0 Å². The summed E-state index contributed by atoms with van der Waals surface area (Å²) in [5, 5.41) is 0.445. The molecule has 0 aliphatic carbocycles. The van der Waals surface area contributed by atoms with Crippen molar-refractivity contribution in [3.05, 3.63) is 28.2 Å². The number of hydrogen-bond donors (Lipinski definition) is 0. The molecule has 15 heavy (non-hydrogen) atoms. The summed E-state index contributed by atoms with van der Waals surface area (Å²) in [4.78, 5) is -0.0398. The molecule has 0 saturated heterocycles. The van der Waals surface area contributed by atoms with Crippen LogP contribution in [0.5, 0.6) is 0 Å². The van der Waals surface area contributed by atoms with Gasteiger partial charge in [-0.3, -0.25) is 4.18 Å². The van der Waals surface area contributed by atoms with Crippen molar-refractivity contribution < 1.29 is 12.6 Å². The number of halogens is 3. The van der Waals surface area contributed by atoms with E-state index >= 15 is 0 Å². The molecule has 0 spiro atoms. The molecule has 0 unspecified atom stereocenters. The molecule has 0 aromatic heterocycles. The minimum absolute atomic E-state index is 0.0398. The predicted molar refractivity (Wildman–Crippen MR) is 60.3 cm³/mol. The van der Waals surface area contributed by atoms with Gasteiger partial charge in [-0.1, -0.05) is 23.2 Å². The van der Waals surface area contributed by atoms with Crippen molar-refractivity contribution >= 4 is 44.9 Å². The Bertz CT molecular complexity index is 444. The topological polar surface area (TPSA) is 43.4 Å². The molecule has 0 radical (unpaired) electrons. The molecular weight excluding hydrogens is 283 g/mol. The number of rotatable bonds is 4. The van der Waals surface area contributed by atoms with E-state index in [-0.39, 0.29) is 27.4 Å². The molecule has 0 fully saturated rings. The van der Waals surface area contributed by atoms with Gasteiger partial charge in [0.2, 0.25) is 0 Å². The van der Waals surface area contributed by atoms with Crippen molar-refractivity contribution in [3.8, 4) is 0 Å². The molecule has 1 aromatic rings. The highest BCUT2D eigenvalue weighted by Gasteiger charge is 2.15. The Morgan fingerprint density at radius 3 is 2.40 bits per heavy atom. The molecule has 0 amide bonds. The first-order valence-corrected chi connectivity index (χ1v) is 6.57. The summed E-state index contributed by atoms with van der Waals surface area (Å²) < 4.78 is 27.5. The number of hydrogen-bond acceptors (Lipinski definition) is 3. The first kappa shape index (κ1) is 13.1. The van der Waals surface area contributed by atoms with Gasteiger partial charge < -0.3 is 0 Å². The van der Waals surface area contributed by atoms with E-state index in [0.717, 1.165) is 0 Å². The summed E-state index contributed by atoms with van der Waals surface area (Å²) in [6.45, 7) is -0.0792. The molecule has 3 nitrogen and oxygen atoms in total. The molecule has 0 atom stereocenters. The third kappa shape index (κ3) is 3.50. The third-order valence-electron chi connectivity index (χ3n) is 1.50. The van der Waals surface area contributed by atoms with E-state index in [0.29, 0.717) is 0 Å². The molecule has 0 aliphatic heterocycles. The predicted octanol–water partition coefficient (Wildman–Crippen LogP) is 2.94. The fraction of sp³-hybridized carbons (Fsp3) is 0.250. The first-order chi connectivity index (χ1) is 6.97. The maximum absolute atomic E-state index is 11.5. The van der Waals surface area contributed by atoms with Crippen LogP contribution >= 0.6 is 34.8 Å². The molecule has 1 rings (SSSR count). The van der Waals surface area contributed by atoms with E-state index in [9.17, 15) is 8.42 Å². The van der Waals surface area contributed by atoms with Crippen LogP contribution in [0.1, 0.15) is 0 Å². The SMILES string of the molecule is O=S(=O)(OCCCl)c1ccc(Cl)c(Cl)c1. The zero-order chi connectivity index (χ0) is 11.5. The van der Waals surface area contributed by atoms with E-state index in [1.54, 1.807) is 0 Å². The van der Waals surface area contributed by atoms with E-state index < -0.39 is 10.1 Å². The smallest absolute Gasteiger partial charge is 0.265 e. The van der Waals surface area contributed by atoms with Crippen LogP contribution in [-0.4, -0.2) is 20.9 Å². The standard InChI is InChI=1S/C8H7Cl3O3S/c9-3-4-14-15(12,13)6-1-2-7(10)8(11)5-6/h1-2,5H,3-4H2. The quantitative estimate of drug-likeness (QED) is 0.632. The lowest BCUT2D eigenvalue weighted by atomic mass is 10.4. The van der Waals surface area contributed by atoms with E-state index in [1.807, 2.05) is 0 Å². The van der Waals surface area contributed by atoms with Crippen LogP contribution in [0.3, 0.4) is 0 Å². The van der Waals surface area contributed by atoms with Crippen LogP contribution in [0.2, 0.25) is 10.0 Å². The maximum atomic E-state index is 11.5. The summed E-state index contributed by atoms with van der Waals surface area (Å²) in [7, 11) is -3.79. The highest BCUT2D eigenvalue weighted by molar-refractivity contribution is 7.86. The van der Waals surface area contributed by atoms with Gasteiger partial charge in [-0.15, -0.1) is 11.6 Å². The fourth-order valence-corrected chi connectivity index (χ4v) is 2.31. The summed E-state index contributed by atoms with van der Waals surface area (Å²) in [6.07, 6.45) is 0. The van der Waals surface area contributed by atoms with Gasteiger partial charge in [0.05, 0.1) is 21.5 Å². The van der Waals surface area contributed by atoms with Crippen molar-refractivity contribution in [3.63, 3.8) is 0 Å². The van der Waals surface area contributed by atoms with Gasteiger partial charge in [0.25, 0.3) is 10.1 Å². The Hall–Kier alpha value is -0.000000000000000111. The summed E-state index contributed by atoms with van der Waals surface area (Å²) in [5.41, 5.74) is 0. The van der Waals surface area contributed by atoms with Gasteiger partial charge in [-0.2, -0.15) is 8.42 Å². The molecule has 0 heterocycles. The molecule has 0 N–H and O–H groups in total. The minimum atomic E-state index is -3.79. The van der Waals surface area contributed by atoms with Crippen molar-refractivity contribution in [2.45, 2.75) is 4.90 Å². The lowest BCUT2D eigenvalue weighted by molar-refractivity contribution is 0.340. The van der Waals surface area contributed by atoms with Crippen LogP contribution in [0, 0.1) is 0 Å². The average Bonchev–Trinajstić information content (AvgIpc) is 2.19. The Balaban J connectivity index is 3.00. The zero-order valence-electron chi connectivity index (χ0n) is 7.41. The van der Waals surface area contributed by atoms with Crippen LogP contribution in [0.25, 0.3) is 0 Å². The number of benzene rings is 1. The van der Waals surface area contributed by atoms with Crippen LogP contribution in [0.15, 0.2) is 23.1 Å². The van der Waals surface area contributed by atoms with Gasteiger partial charge in [-0.25, -0.2) is 0 Å². The van der Waals surface area contributed by atoms with E-state index in [4.69, 9.17) is 34.8 Å². The lowest BCUT2D eigenvalue weighted by Gasteiger charge is -2.04. The second-order valence-corrected chi connectivity index (χ2v) is 5.35. The molecule has 0 saturated carbocycles. The van der Waals surface area contributed by atoms with Gasteiger partial charge in [0, 0.05) is 5.88 Å². The first-order valence-electron chi connectivity index (χ1n) is 3.88. The monoisotopic (exact) mass is 288 g/mol. The van der Waals surface area contributed by atoms with Crippen molar-refractivity contribution in [1.29, 1.82) is 0 Å². The average molecular weight is 290 g/mol.